The maximum Gasteiger partial charge on any atom is 0.490 e. The van der Waals surface area contributed by atoms with E-state index in [1.807, 2.05) is 0 Å². The Kier molecular flexibility index (Phi) is 7.26. The number of carboxylic acid groups (broad SMARTS) is 1. The summed E-state index contributed by atoms with van der Waals surface area (Å²) in [6, 6.07) is 9.18. The van der Waals surface area contributed by atoms with E-state index in [1.54, 1.807) is 0 Å². The molecule has 3 saturated heterocycles. The Morgan fingerprint density at radius 3 is 2.68 bits per heavy atom. The van der Waals surface area contributed by atoms with Crippen LogP contribution in [-0.2, 0) is 20.9 Å². The second kappa shape index (κ2) is 9.56. The van der Waals surface area contributed by atoms with Crippen molar-refractivity contribution >= 4 is 11.9 Å². The minimum atomic E-state index is -5.08. The Labute approximate surface area is 180 Å². The van der Waals surface area contributed by atoms with Crippen LogP contribution in [0, 0.1) is 6.92 Å². The van der Waals surface area contributed by atoms with Crippen molar-refractivity contribution in [3.05, 3.63) is 35.4 Å². The maximum atomic E-state index is 12.1. The van der Waals surface area contributed by atoms with Crippen molar-refractivity contribution in [3.8, 4) is 0 Å². The van der Waals surface area contributed by atoms with Crippen LogP contribution in [0.15, 0.2) is 24.3 Å². The smallest absolute Gasteiger partial charge is 0.475 e. The quantitative estimate of drug-likeness (QED) is 0.777. The molecule has 1 aromatic rings. The van der Waals surface area contributed by atoms with Crippen LogP contribution in [0.1, 0.15) is 43.2 Å². The fraction of sp³-hybridized carbons (Fsp3) is 0.636. The minimum Gasteiger partial charge on any atom is -0.475 e. The molecule has 4 rings (SSSR count). The van der Waals surface area contributed by atoms with E-state index in [2.05, 4.69) is 41.0 Å². The minimum absolute atomic E-state index is 0.0321. The number of benzene rings is 1. The molecule has 3 heterocycles. The van der Waals surface area contributed by atoms with Gasteiger partial charge in [0.1, 0.15) is 0 Å². The highest BCUT2D eigenvalue weighted by molar-refractivity contribution is 5.78. The molecule has 3 fully saturated rings. The third-order valence-electron chi connectivity index (χ3n) is 6.14. The molecule has 0 unspecified atom stereocenters. The van der Waals surface area contributed by atoms with Gasteiger partial charge in [-0.25, -0.2) is 4.79 Å². The summed E-state index contributed by atoms with van der Waals surface area (Å²) in [4.78, 5) is 25.6. The fourth-order valence-corrected chi connectivity index (χ4v) is 4.74. The van der Waals surface area contributed by atoms with Crippen LogP contribution in [-0.4, -0.2) is 70.8 Å². The summed E-state index contributed by atoms with van der Waals surface area (Å²) in [7, 11) is 0. The van der Waals surface area contributed by atoms with Gasteiger partial charge in [0, 0.05) is 45.2 Å². The van der Waals surface area contributed by atoms with Gasteiger partial charge in [0.15, 0.2) is 0 Å². The van der Waals surface area contributed by atoms with E-state index in [4.69, 9.17) is 14.6 Å². The Morgan fingerprint density at radius 2 is 2.06 bits per heavy atom. The molecule has 1 N–H and O–H groups in total. The number of alkyl halides is 3. The van der Waals surface area contributed by atoms with Gasteiger partial charge < -0.3 is 14.7 Å². The molecule has 3 aliphatic heterocycles. The van der Waals surface area contributed by atoms with E-state index in [1.165, 1.54) is 11.1 Å². The lowest BCUT2D eigenvalue weighted by atomic mass is 9.89. The molecule has 1 aromatic carbocycles. The van der Waals surface area contributed by atoms with Gasteiger partial charge in [0.25, 0.3) is 0 Å². The van der Waals surface area contributed by atoms with Crippen molar-refractivity contribution in [3.63, 3.8) is 0 Å². The second-order valence-corrected chi connectivity index (χ2v) is 8.62. The molecule has 31 heavy (non-hydrogen) atoms. The van der Waals surface area contributed by atoms with E-state index in [9.17, 15) is 18.0 Å². The number of nitrogens with zero attached hydrogens (tertiary/aromatic N) is 2. The highest BCUT2D eigenvalue weighted by atomic mass is 19.4. The molecule has 0 bridgehead atoms. The van der Waals surface area contributed by atoms with Crippen LogP contribution in [0.4, 0.5) is 13.2 Å². The Bertz CT molecular complexity index is 801. The topological polar surface area (TPSA) is 70.1 Å². The average Bonchev–Trinajstić information content (AvgIpc) is 3.28. The van der Waals surface area contributed by atoms with Crippen LogP contribution < -0.4 is 0 Å². The van der Waals surface area contributed by atoms with Gasteiger partial charge in [-0.05, 0) is 38.2 Å². The molecule has 172 valence electrons. The molecule has 0 aromatic heterocycles. The van der Waals surface area contributed by atoms with Gasteiger partial charge in [-0.2, -0.15) is 13.2 Å². The first-order valence-electron chi connectivity index (χ1n) is 10.6. The summed E-state index contributed by atoms with van der Waals surface area (Å²) in [6.07, 6.45) is -0.196. The van der Waals surface area contributed by atoms with Gasteiger partial charge in [-0.1, -0.05) is 29.8 Å². The van der Waals surface area contributed by atoms with Crippen LogP contribution in [0.2, 0.25) is 0 Å². The number of carboxylic acids is 1. The average molecular weight is 442 g/mol. The molecule has 1 spiro atoms. The number of hydrogen-bond donors (Lipinski definition) is 1. The molecule has 0 radical (unpaired) electrons. The summed E-state index contributed by atoms with van der Waals surface area (Å²) >= 11 is 0. The molecule has 6 nitrogen and oxygen atoms in total. The highest BCUT2D eigenvalue weighted by Crippen LogP contribution is 2.37. The maximum absolute atomic E-state index is 12.1. The number of hydrogen-bond acceptors (Lipinski definition) is 4. The molecule has 3 aliphatic rings. The molecule has 2 atom stereocenters. The zero-order valence-electron chi connectivity index (χ0n) is 17.7. The van der Waals surface area contributed by atoms with Gasteiger partial charge in [0.2, 0.25) is 5.91 Å². The largest absolute Gasteiger partial charge is 0.490 e. The first-order chi connectivity index (χ1) is 14.6. The van der Waals surface area contributed by atoms with E-state index in [-0.39, 0.29) is 5.60 Å². The third-order valence-corrected chi connectivity index (χ3v) is 6.14. The van der Waals surface area contributed by atoms with E-state index in [0.717, 1.165) is 64.9 Å². The molecular weight excluding hydrogens is 413 g/mol. The Balaban J connectivity index is 0.000000339. The number of aliphatic carboxylic acids is 1. The number of amides is 1. The number of halogens is 3. The summed E-state index contributed by atoms with van der Waals surface area (Å²) < 4.78 is 38.0. The Hall–Kier alpha value is -2.13. The van der Waals surface area contributed by atoms with Crippen molar-refractivity contribution in [2.75, 3.05) is 26.2 Å². The zero-order valence-corrected chi connectivity index (χ0v) is 17.7. The van der Waals surface area contributed by atoms with Crippen molar-refractivity contribution in [2.24, 2.45) is 0 Å². The predicted octanol–water partition coefficient (Wildman–Crippen LogP) is 3.37. The molecular formula is C22H29F3N2O4. The van der Waals surface area contributed by atoms with E-state index >= 15 is 0 Å². The van der Waals surface area contributed by atoms with Gasteiger partial charge in [-0.15, -0.1) is 0 Å². The molecule has 1 amide bonds. The second-order valence-electron chi connectivity index (χ2n) is 8.62. The van der Waals surface area contributed by atoms with Gasteiger partial charge in [0.05, 0.1) is 5.60 Å². The van der Waals surface area contributed by atoms with Crippen LogP contribution in [0.25, 0.3) is 0 Å². The predicted molar refractivity (Wildman–Crippen MR) is 107 cm³/mol. The lowest BCUT2D eigenvalue weighted by Gasteiger charge is -2.41. The van der Waals surface area contributed by atoms with E-state index in [0.29, 0.717) is 11.9 Å². The molecule has 9 heteroatoms. The van der Waals surface area contributed by atoms with Gasteiger partial charge >= 0.3 is 12.1 Å². The summed E-state index contributed by atoms with van der Waals surface area (Å²) in [5.41, 5.74) is 2.67. The van der Waals surface area contributed by atoms with Crippen molar-refractivity contribution < 1.29 is 32.6 Å². The monoisotopic (exact) mass is 442 g/mol. The van der Waals surface area contributed by atoms with Crippen LogP contribution in [0.3, 0.4) is 0 Å². The zero-order chi connectivity index (χ0) is 22.6. The number of rotatable bonds is 3. The van der Waals surface area contributed by atoms with Crippen molar-refractivity contribution in [2.45, 2.75) is 63.4 Å². The normalized spacial score (nSPS) is 26.8. The lowest BCUT2D eigenvalue weighted by molar-refractivity contribution is -0.192. The summed E-state index contributed by atoms with van der Waals surface area (Å²) in [5.74, 6) is -2.40. The van der Waals surface area contributed by atoms with Gasteiger partial charge in [-0.3, -0.25) is 9.69 Å². The molecule has 0 aliphatic carbocycles. The summed E-state index contributed by atoms with van der Waals surface area (Å²) in [6.45, 7) is 6.99. The Morgan fingerprint density at radius 1 is 1.32 bits per heavy atom. The fourth-order valence-electron chi connectivity index (χ4n) is 4.74. The van der Waals surface area contributed by atoms with Crippen molar-refractivity contribution in [1.82, 2.24) is 9.80 Å². The first kappa shape index (κ1) is 23.5. The number of aryl methyl sites for hydroxylation is 1. The number of likely N-dealkylation sites (tertiary alicyclic amines) is 2. The molecule has 0 saturated carbocycles. The number of carbonyl (C=O) groups excluding carboxylic acids is 1. The van der Waals surface area contributed by atoms with Crippen molar-refractivity contribution in [1.29, 1.82) is 0 Å². The van der Waals surface area contributed by atoms with Crippen LogP contribution >= 0.6 is 0 Å². The number of ether oxygens (including phenoxy) is 1. The van der Waals surface area contributed by atoms with E-state index < -0.39 is 12.1 Å². The SMILES string of the molecule is Cc1cccc(CN2CC[C@@]3(C[C@@H](N4CCCC4=O)CCO3)C2)c1.O=C(O)C(F)(F)F. The third kappa shape index (κ3) is 6.20. The van der Waals surface area contributed by atoms with Crippen LogP contribution in [0.5, 0.6) is 0 Å². The first-order valence-corrected chi connectivity index (χ1v) is 10.6. The summed E-state index contributed by atoms with van der Waals surface area (Å²) in [5, 5.41) is 7.12. The number of carbonyl (C=O) groups is 2. The highest BCUT2D eigenvalue weighted by Gasteiger charge is 2.45. The standard InChI is InChI=1S/C20H28N2O2.C2HF3O2/c1-16-4-2-5-17(12-16)14-21-10-8-20(15-21)13-18(7-11-24-20)22-9-3-6-19(22)23;3-2(4,5)1(6)7/h2,4-5,12,18H,3,6-11,13-15H2,1H3;(H,6,7)/t18-,20+;/m0./s1. The lowest BCUT2D eigenvalue weighted by Crippen LogP contribution is -2.50.